The third-order valence-electron chi connectivity index (χ3n) is 4.93. The minimum absolute atomic E-state index is 0.432. The maximum atomic E-state index is 5.51. The predicted molar refractivity (Wildman–Crippen MR) is 94.5 cm³/mol. The first-order chi connectivity index (χ1) is 9.89. The molecule has 1 unspecified atom stereocenters. The molecule has 1 aliphatic carbocycles. The van der Waals surface area contributed by atoms with E-state index >= 15 is 0 Å². The number of hydrogen-bond donors (Lipinski definition) is 0. The van der Waals surface area contributed by atoms with Gasteiger partial charge in [0.25, 0.3) is 0 Å². The zero-order valence-corrected chi connectivity index (χ0v) is 15.7. The number of hydrogen-bond acceptors (Lipinski definition) is 1. The Kier molecular flexibility index (Phi) is 5.40. The molecule has 1 aromatic carbocycles. The Morgan fingerprint density at radius 3 is 2.10 bits per heavy atom. The van der Waals surface area contributed by atoms with Gasteiger partial charge >= 0.3 is 0 Å². The van der Waals surface area contributed by atoms with Crippen LogP contribution in [0.25, 0.3) is 0 Å². The monoisotopic (exact) mass is 352 g/mol. The third kappa shape index (κ3) is 3.47. The lowest BCUT2D eigenvalue weighted by Gasteiger charge is -2.36. The summed E-state index contributed by atoms with van der Waals surface area (Å²) in [6.07, 6.45) is 6.77. The zero-order valence-electron chi connectivity index (χ0n) is 14.1. The van der Waals surface area contributed by atoms with Gasteiger partial charge in [-0.05, 0) is 61.1 Å². The molecular formula is C19H29BrO. The highest BCUT2D eigenvalue weighted by atomic mass is 79.9. The van der Waals surface area contributed by atoms with E-state index in [1.165, 1.54) is 48.8 Å². The molecule has 1 fully saturated rings. The second-order valence-corrected chi connectivity index (χ2v) is 8.13. The molecule has 0 amide bonds. The van der Waals surface area contributed by atoms with Crippen molar-refractivity contribution < 1.29 is 4.74 Å². The van der Waals surface area contributed by atoms with Crippen molar-refractivity contribution in [2.24, 2.45) is 11.3 Å². The first-order valence-electron chi connectivity index (χ1n) is 8.19. The van der Waals surface area contributed by atoms with E-state index in [0.717, 1.165) is 11.7 Å². The summed E-state index contributed by atoms with van der Waals surface area (Å²) >= 11 is 4.07. The average Bonchev–Trinajstić information content (AvgIpc) is 2.86. The first-order valence-corrected chi connectivity index (χ1v) is 9.10. The fourth-order valence-electron chi connectivity index (χ4n) is 4.26. The molecule has 0 bridgehead atoms. The Labute approximate surface area is 138 Å². The number of benzene rings is 1. The molecule has 1 aliphatic rings. The highest BCUT2D eigenvalue weighted by Crippen LogP contribution is 2.55. The van der Waals surface area contributed by atoms with Crippen LogP contribution in [-0.2, 0) is 0 Å². The average molecular weight is 353 g/mol. The number of halogens is 1. The number of alkyl halides is 1. The van der Waals surface area contributed by atoms with E-state index in [9.17, 15) is 0 Å². The van der Waals surface area contributed by atoms with Crippen LogP contribution >= 0.6 is 15.9 Å². The summed E-state index contributed by atoms with van der Waals surface area (Å²) in [5.74, 6) is 1.78. The predicted octanol–water partition coefficient (Wildman–Crippen LogP) is 6.35. The molecule has 21 heavy (non-hydrogen) atoms. The molecule has 2 rings (SSSR count). The number of methoxy groups -OCH3 is 1. The van der Waals surface area contributed by atoms with E-state index in [1.54, 1.807) is 7.11 Å². The molecule has 0 N–H and O–H groups in total. The molecule has 1 saturated carbocycles. The fraction of sp³-hybridized carbons (Fsp3) is 0.684. The molecule has 1 aromatic rings. The van der Waals surface area contributed by atoms with Gasteiger partial charge in [-0.2, -0.15) is 0 Å². The molecule has 0 aliphatic heterocycles. The molecule has 0 saturated heterocycles. The van der Waals surface area contributed by atoms with Gasteiger partial charge in [0.1, 0.15) is 5.75 Å². The van der Waals surface area contributed by atoms with Crippen LogP contribution in [0, 0.1) is 25.2 Å². The van der Waals surface area contributed by atoms with Crippen molar-refractivity contribution in [3.05, 3.63) is 28.8 Å². The van der Waals surface area contributed by atoms with Crippen LogP contribution in [0.2, 0.25) is 0 Å². The smallest absolute Gasteiger partial charge is 0.124 e. The van der Waals surface area contributed by atoms with Crippen LogP contribution in [0.4, 0.5) is 0 Å². The minimum Gasteiger partial charge on any atom is -0.496 e. The van der Waals surface area contributed by atoms with Gasteiger partial charge in [0.05, 0.1) is 7.11 Å². The second kappa shape index (κ2) is 6.73. The molecule has 118 valence electrons. The van der Waals surface area contributed by atoms with E-state index in [2.05, 4.69) is 55.8 Å². The van der Waals surface area contributed by atoms with E-state index in [-0.39, 0.29) is 0 Å². The Bertz CT molecular complexity index is 463. The molecule has 1 nitrogen and oxygen atoms in total. The molecule has 1 atom stereocenters. The van der Waals surface area contributed by atoms with Crippen molar-refractivity contribution >= 4 is 15.9 Å². The lowest BCUT2D eigenvalue weighted by Crippen LogP contribution is -2.24. The number of rotatable bonds is 5. The Morgan fingerprint density at radius 2 is 1.67 bits per heavy atom. The van der Waals surface area contributed by atoms with Gasteiger partial charge < -0.3 is 4.74 Å². The summed E-state index contributed by atoms with van der Waals surface area (Å²) in [6, 6.07) is 4.62. The van der Waals surface area contributed by atoms with Crippen LogP contribution in [0.3, 0.4) is 0 Å². The van der Waals surface area contributed by atoms with Crippen molar-refractivity contribution in [1.29, 1.82) is 0 Å². The van der Waals surface area contributed by atoms with Gasteiger partial charge in [0.2, 0.25) is 0 Å². The maximum absolute atomic E-state index is 5.51. The molecular weight excluding hydrogens is 324 g/mol. The second-order valence-electron chi connectivity index (χ2n) is 7.22. The van der Waals surface area contributed by atoms with Crippen molar-refractivity contribution in [2.75, 3.05) is 7.11 Å². The van der Waals surface area contributed by atoms with Crippen LogP contribution in [0.5, 0.6) is 5.75 Å². The summed E-state index contributed by atoms with van der Waals surface area (Å²) in [5.41, 5.74) is 4.35. The van der Waals surface area contributed by atoms with Gasteiger partial charge in [0, 0.05) is 4.83 Å². The Hall–Kier alpha value is -0.500. The summed E-state index contributed by atoms with van der Waals surface area (Å²) < 4.78 is 5.51. The highest BCUT2D eigenvalue weighted by Gasteiger charge is 2.41. The molecule has 2 heteroatoms. The van der Waals surface area contributed by atoms with Crippen molar-refractivity contribution in [3.63, 3.8) is 0 Å². The minimum atomic E-state index is 0.432. The van der Waals surface area contributed by atoms with Gasteiger partial charge in [0.15, 0.2) is 0 Å². The standard InChI is InChI=1S/C19H29BrO/c1-13(2)12-19(8-6-7-9-19)18(20)16-10-14(3)17(21-5)15(4)11-16/h10-11,13,18H,6-9,12H2,1-5H3. The summed E-state index contributed by atoms with van der Waals surface area (Å²) in [5, 5.41) is 0. The van der Waals surface area contributed by atoms with Crippen LogP contribution < -0.4 is 4.74 Å². The largest absolute Gasteiger partial charge is 0.496 e. The van der Waals surface area contributed by atoms with Gasteiger partial charge in [-0.25, -0.2) is 0 Å². The van der Waals surface area contributed by atoms with Crippen molar-refractivity contribution in [3.8, 4) is 5.75 Å². The number of ether oxygens (including phenoxy) is 1. The molecule has 0 heterocycles. The lowest BCUT2D eigenvalue weighted by atomic mass is 9.73. The van der Waals surface area contributed by atoms with Gasteiger partial charge in [-0.1, -0.05) is 54.8 Å². The van der Waals surface area contributed by atoms with Crippen molar-refractivity contribution in [1.82, 2.24) is 0 Å². The van der Waals surface area contributed by atoms with E-state index in [1.807, 2.05) is 0 Å². The zero-order chi connectivity index (χ0) is 15.6. The van der Waals surface area contributed by atoms with E-state index in [0.29, 0.717) is 10.2 Å². The summed E-state index contributed by atoms with van der Waals surface area (Å²) in [4.78, 5) is 0.457. The molecule has 0 aromatic heterocycles. The molecule has 0 spiro atoms. The Balaban J connectivity index is 2.35. The number of aryl methyl sites for hydroxylation is 2. The quantitative estimate of drug-likeness (QED) is 0.560. The van der Waals surface area contributed by atoms with E-state index < -0.39 is 0 Å². The molecule has 0 radical (unpaired) electrons. The van der Waals surface area contributed by atoms with Crippen LogP contribution in [0.15, 0.2) is 12.1 Å². The van der Waals surface area contributed by atoms with Gasteiger partial charge in [-0.15, -0.1) is 0 Å². The van der Waals surface area contributed by atoms with Crippen LogP contribution in [-0.4, -0.2) is 7.11 Å². The van der Waals surface area contributed by atoms with Crippen LogP contribution in [0.1, 0.15) is 67.5 Å². The van der Waals surface area contributed by atoms with Crippen molar-refractivity contribution in [2.45, 2.75) is 64.6 Å². The normalized spacial score (nSPS) is 19.0. The van der Waals surface area contributed by atoms with Gasteiger partial charge in [-0.3, -0.25) is 0 Å². The SMILES string of the molecule is COc1c(C)cc(C(Br)C2(CC(C)C)CCCC2)cc1C. The maximum Gasteiger partial charge on any atom is 0.124 e. The third-order valence-corrected chi connectivity index (χ3v) is 6.43. The fourth-order valence-corrected chi connectivity index (χ4v) is 5.17. The highest BCUT2D eigenvalue weighted by molar-refractivity contribution is 9.09. The summed E-state index contributed by atoms with van der Waals surface area (Å²) in [6.45, 7) is 9.01. The Morgan fingerprint density at radius 1 is 1.14 bits per heavy atom. The van der Waals surface area contributed by atoms with E-state index in [4.69, 9.17) is 4.74 Å². The summed E-state index contributed by atoms with van der Waals surface area (Å²) in [7, 11) is 1.76. The lowest BCUT2D eigenvalue weighted by molar-refractivity contribution is 0.230. The first kappa shape index (κ1) is 16.9. The topological polar surface area (TPSA) is 9.23 Å².